The number of hydrogen-bond donors (Lipinski definition) is 2. The number of rotatable bonds is 5. The molecule has 4 nitrogen and oxygen atoms in total. The highest BCUT2D eigenvalue weighted by molar-refractivity contribution is 5.81. The topological polar surface area (TPSA) is 64.4 Å². The molecule has 1 amide bonds. The van der Waals surface area contributed by atoms with Gasteiger partial charge in [-0.1, -0.05) is 13.8 Å². The molecule has 1 saturated heterocycles. The maximum atomic E-state index is 11.8. The summed E-state index contributed by atoms with van der Waals surface area (Å²) < 4.78 is 5.52. The minimum Gasteiger partial charge on any atom is -0.376 e. The molecule has 1 fully saturated rings. The van der Waals surface area contributed by atoms with Crippen LogP contribution in [-0.2, 0) is 9.53 Å². The predicted molar refractivity (Wildman–Crippen MR) is 64.0 cm³/mol. The molecule has 0 radical (unpaired) electrons. The van der Waals surface area contributed by atoms with Gasteiger partial charge in [0.05, 0.1) is 18.2 Å². The van der Waals surface area contributed by atoms with Crippen LogP contribution in [0.2, 0.25) is 0 Å². The van der Waals surface area contributed by atoms with Gasteiger partial charge in [-0.3, -0.25) is 4.79 Å². The van der Waals surface area contributed by atoms with Gasteiger partial charge in [0.15, 0.2) is 0 Å². The molecular formula is C12H24N2O2. The Bertz CT molecular complexity index is 225. The molecule has 3 N–H and O–H groups in total. The molecule has 0 saturated carbocycles. The third-order valence-corrected chi connectivity index (χ3v) is 2.95. The monoisotopic (exact) mass is 228 g/mol. The van der Waals surface area contributed by atoms with Crippen molar-refractivity contribution in [1.29, 1.82) is 0 Å². The van der Waals surface area contributed by atoms with Crippen molar-refractivity contribution in [2.45, 2.75) is 58.2 Å². The molecule has 94 valence electrons. The Morgan fingerprint density at radius 3 is 2.69 bits per heavy atom. The SMILES string of the molecule is CC(C)CC(N)C(=O)NC(C)C1CCCO1. The van der Waals surface area contributed by atoms with Crippen LogP contribution in [0.4, 0.5) is 0 Å². The minimum atomic E-state index is -0.399. The van der Waals surface area contributed by atoms with Gasteiger partial charge in [0, 0.05) is 6.61 Å². The van der Waals surface area contributed by atoms with Crippen molar-refractivity contribution in [2.24, 2.45) is 11.7 Å². The molecule has 3 unspecified atom stereocenters. The summed E-state index contributed by atoms with van der Waals surface area (Å²) in [4.78, 5) is 11.8. The van der Waals surface area contributed by atoms with Gasteiger partial charge >= 0.3 is 0 Å². The van der Waals surface area contributed by atoms with Gasteiger partial charge in [-0.05, 0) is 32.1 Å². The van der Waals surface area contributed by atoms with Gasteiger partial charge in [-0.25, -0.2) is 0 Å². The first-order valence-electron chi connectivity index (χ1n) is 6.18. The third-order valence-electron chi connectivity index (χ3n) is 2.95. The second-order valence-electron chi connectivity index (χ2n) is 5.08. The van der Waals surface area contributed by atoms with E-state index >= 15 is 0 Å². The quantitative estimate of drug-likeness (QED) is 0.739. The molecule has 16 heavy (non-hydrogen) atoms. The van der Waals surface area contributed by atoms with E-state index in [0.29, 0.717) is 5.92 Å². The molecule has 0 aromatic rings. The summed E-state index contributed by atoms with van der Waals surface area (Å²) in [5.41, 5.74) is 5.81. The van der Waals surface area contributed by atoms with E-state index in [1.54, 1.807) is 0 Å². The predicted octanol–water partition coefficient (Wildman–Crippen LogP) is 1.04. The Labute approximate surface area is 97.9 Å². The standard InChI is InChI=1S/C12H24N2O2/c1-8(2)7-10(13)12(15)14-9(3)11-5-4-6-16-11/h8-11H,4-7,13H2,1-3H3,(H,14,15). The number of amides is 1. The lowest BCUT2D eigenvalue weighted by Crippen LogP contribution is -2.48. The van der Waals surface area contributed by atoms with E-state index in [9.17, 15) is 4.79 Å². The zero-order valence-corrected chi connectivity index (χ0v) is 10.5. The Kier molecular flexibility index (Phi) is 5.22. The van der Waals surface area contributed by atoms with Crippen LogP contribution >= 0.6 is 0 Å². The van der Waals surface area contributed by atoms with E-state index in [4.69, 9.17) is 10.5 Å². The first-order chi connectivity index (χ1) is 7.50. The lowest BCUT2D eigenvalue weighted by Gasteiger charge is -2.22. The molecule has 0 aromatic carbocycles. The van der Waals surface area contributed by atoms with E-state index in [-0.39, 0.29) is 18.1 Å². The van der Waals surface area contributed by atoms with E-state index in [0.717, 1.165) is 25.9 Å². The number of ether oxygens (including phenoxy) is 1. The number of carbonyl (C=O) groups excluding carboxylic acids is 1. The molecule has 4 heteroatoms. The lowest BCUT2D eigenvalue weighted by molar-refractivity contribution is -0.124. The first-order valence-corrected chi connectivity index (χ1v) is 6.18. The maximum absolute atomic E-state index is 11.8. The average Bonchev–Trinajstić information content (AvgIpc) is 2.68. The van der Waals surface area contributed by atoms with Crippen LogP contribution < -0.4 is 11.1 Å². The van der Waals surface area contributed by atoms with Gasteiger partial charge in [0.25, 0.3) is 0 Å². The van der Waals surface area contributed by atoms with Crippen LogP contribution in [0.3, 0.4) is 0 Å². The fraction of sp³-hybridized carbons (Fsp3) is 0.917. The van der Waals surface area contributed by atoms with Crippen molar-refractivity contribution < 1.29 is 9.53 Å². The maximum Gasteiger partial charge on any atom is 0.237 e. The van der Waals surface area contributed by atoms with Crippen molar-refractivity contribution in [2.75, 3.05) is 6.61 Å². The van der Waals surface area contributed by atoms with E-state index in [1.165, 1.54) is 0 Å². The minimum absolute atomic E-state index is 0.0586. The van der Waals surface area contributed by atoms with Crippen molar-refractivity contribution in [3.05, 3.63) is 0 Å². The van der Waals surface area contributed by atoms with Gasteiger partial charge in [0.2, 0.25) is 5.91 Å². The molecule has 3 atom stereocenters. The fourth-order valence-electron chi connectivity index (χ4n) is 2.04. The van der Waals surface area contributed by atoms with Crippen LogP contribution in [0.15, 0.2) is 0 Å². The Hall–Kier alpha value is -0.610. The van der Waals surface area contributed by atoms with Crippen LogP contribution in [0.5, 0.6) is 0 Å². The summed E-state index contributed by atoms with van der Waals surface area (Å²) >= 11 is 0. The van der Waals surface area contributed by atoms with Gasteiger partial charge in [-0.2, -0.15) is 0 Å². The third kappa shape index (κ3) is 4.10. The molecule has 0 bridgehead atoms. The lowest BCUT2D eigenvalue weighted by atomic mass is 10.0. The Morgan fingerprint density at radius 2 is 2.19 bits per heavy atom. The summed E-state index contributed by atoms with van der Waals surface area (Å²) in [6.45, 7) is 6.92. The summed E-state index contributed by atoms with van der Waals surface area (Å²) in [5.74, 6) is 0.385. The van der Waals surface area contributed by atoms with Crippen LogP contribution in [0, 0.1) is 5.92 Å². The van der Waals surface area contributed by atoms with Crippen molar-refractivity contribution in [3.8, 4) is 0 Å². The molecule has 0 aliphatic carbocycles. The normalized spacial score (nSPS) is 24.4. The largest absolute Gasteiger partial charge is 0.376 e. The molecule has 1 aliphatic rings. The molecule has 1 heterocycles. The number of nitrogens with one attached hydrogen (secondary N) is 1. The van der Waals surface area contributed by atoms with Crippen LogP contribution in [-0.4, -0.2) is 30.7 Å². The fourth-order valence-corrected chi connectivity index (χ4v) is 2.04. The van der Waals surface area contributed by atoms with Gasteiger partial charge in [0.1, 0.15) is 0 Å². The van der Waals surface area contributed by atoms with Crippen molar-refractivity contribution >= 4 is 5.91 Å². The van der Waals surface area contributed by atoms with Crippen LogP contribution in [0.1, 0.15) is 40.0 Å². The summed E-state index contributed by atoms with van der Waals surface area (Å²) in [6, 6.07) is -0.336. The Morgan fingerprint density at radius 1 is 1.50 bits per heavy atom. The van der Waals surface area contributed by atoms with Crippen molar-refractivity contribution in [3.63, 3.8) is 0 Å². The zero-order chi connectivity index (χ0) is 12.1. The second-order valence-corrected chi connectivity index (χ2v) is 5.08. The van der Waals surface area contributed by atoms with Crippen molar-refractivity contribution in [1.82, 2.24) is 5.32 Å². The summed E-state index contributed by atoms with van der Waals surface area (Å²) in [5, 5.41) is 2.94. The highest BCUT2D eigenvalue weighted by atomic mass is 16.5. The number of nitrogens with two attached hydrogens (primary N) is 1. The molecule has 1 aliphatic heterocycles. The summed E-state index contributed by atoms with van der Waals surface area (Å²) in [6.07, 6.45) is 3.00. The zero-order valence-electron chi connectivity index (χ0n) is 10.5. The highest BCUT2D eigenvalue weighted by Crippen LogP contribution is 2.15. The molecule has 0 spiro atoms. The second kappa shape index (κ2) is 6.21. The van der Waals surface area contributed by atoms with E-state index < -0.39 is 6.04 Å². The summed E-state index contributed by atoms with van der Waals surface area (Å²) in [7, 11) is 0. The van der Waals surface area contributed by atoms with Crippen LogP contribution in [0.25, 0.3) is 0 Å². The van der Waals surface area contributed by atoms with E-state index in [2.05, 4.69) is 19.2 Å². The van der Waals surface area contributed by atoms with Gasteiger partial charge < -0.3 is 15.8 Å². The molecular weight excluding hydrogens is 204 g/mol. The van der Waals surface area contributed by atoms with E-state index in [1.807, 2.05) is 6.92 Å². The Balaban J connectivity index is 2.31. The van der Waals surface area contributed by atoms with Gasteiger partial charge in [-0.15, -0.1) is 0 Å². The number of carbonyl (C=O) groups is 1. The highest BCUT2D eigenvalue weighted by Gasteiger charge is 2.25. The first kappa shape index (κ1) is 13.5. The molecule has 1 rings (SSSR count). The number of hydrogen-bond acceptors (Lipinski definition) is 3. The smallest absolute Gasteiger partial charge is 0.237 e. The molecule has 0 aromatic heterocycles. The average molecular weight is 228 g/mol.